The molecule has 0 aromatic heterocycles. The predicted octanol–water partition coefficient (Wildman–Crippen LogP) is 6.23. The lowest BCUT2D eigenvalue weighted by molar-refractivity contribution is 0.0151. The average molecular weight is 683 g/mol. The summed E-state index contributed by atoms with van der Waals surface area (Å²) < 4.78 is 16.4. The number of hydrogen-bond donors (Lipinski definition) is 0. The third-order valence-electron chi connectivity index (χ3n) is 7.70. The van der Waals surface area contributed by atoms with Gasteiger partial charge in [-0.05, 0) is 71.9 Å². The number of esters is 2. The van der Waals surface area contributed by atoms with Crippen molar-refractivity contribution in [3.8, 4) is 0 Å². The van der Waals surface area contributed by atoms with Gasteiger partial charge in [-0.3, -0.25) is 0 Å². The van der Waals surface area contributed by atoms with E-state index >= 15 is 0 Å². The van der Waals surface area contributed by atoms with E-state index in [4.69, 9.17) is 14.2 Å². The fourth-order valence-corrected chi connectivity index (χ4v) is 9.92. The normalized spacial score (nSPS) is 11.0. The maximum Gasteiger partial charge on any atom is 0.338 e. The molecule has 0 heterocycles. The quantitative estimate of drug-likeness (QED) is 0.0775. The van der Waals surface area contributed by atoms with Crippen molar-refractivity contribution in [3.63, 3.8) is 0 Å². The highest BCUT2D eigenvalue weighted by Crippen LogP contribution is 2.33. The molecule has 0 unspecified atom stereocenters. The molecule has 0 saturated heterocycles. The third-order valence-corrected chi connectivity index (χ3v) is 12.6. The van der Waals surface area contributed by atoms with E-state index in [-0.39, 0.29) is 26.4 Å². The van der Waals surface area contributed by atoms with Crippen molar-refractivity contribution in [2.45, 2.75) is 0 Å². The second-order valence-electron chi connectivity index (χ2n) is 11.0. The first-order valence-electron chi connectivity index (χ1n) is 16.1. The van der Waals surface area contributed by atoms with Crippen molar-refractivity contribution in [3.05, 3.63) is 181 Å². The van der Waals surface area contributed by atoms with E-state index in [0.29, 0.717) is 11.1 Å². The number of rotatable bonds is 14. The van der Waals surface area contributed by atoms with Crippen LogP contribution in [-0.2, 0) is 14.2 Å². The van der Waals surface area contributed by atoms with Gasteiger partial charge in [-0.15, -0.1) is 0 Å². The SMILES string of the molecule is O=C(OCCOCCOC(=O)c1ccc(P(c2ccccc2)c2ccccc2)cc1)c1ccc(P(c2ccccc2)c2ccccc2)cc1. The minimum absolute atomic E-state index is 0.0997. The molecule has 0 aliphatic rings. The molecule has 0 aliphatic carbocycles. The molecule has 49 heavy (non-hydrogen) atoms. The largest absolute Gasteiger partial charge is 0.460 e. The maximum absolute atomic E-state index is 12.7. The molecule has 0 atom stereocenters. The smallest absolute Gasteiger partial charge is 0.338 e. The molecule has 6 rings (SSSR count). The Morgan fingerprint density at radius 3 is 0.898 bits per heavy atom. The summed E-state index contributed by atoms with van der Waals surface area (Å²) in [6.07, 6.45) is 0. The molecule has 0 saturated carbocycles. The molecule has 6 aromatic rings. The molecule has 0 N–H and O–H groups in total. The lowest BCUT2D eigenvalue weighted by Crippen LogP contribution is -2.21. The van der Waals surface area contributed by atoms with Crippen LogP contribution in [0.2, 0.25) is 0 Å². The highest BCUT2D eigenvalue weighted by atomic mass is 31.1. The van der Waals surface area contributed by atoms with Gasteiger partial charge < -0.3 is 14.2 Å². The van der Waals surface area contributed by atoms with E-state index in [1.54, 1.807) is 0 Å². The van der Waals surface area contributed by atoms with Crippen LogP contribution in [0.5, 0.6) is 0 Å². The minimum atomic E-state index is -0.747. The summed E-state index contributed by atoms with van der Waals surface area (Å²) in [5, 5.41) is 7.30. The summed E-state index contributed by atoms with van der Waals surface area (Å²) in [6, 6.07) is 57.0. The molecular formula is C42H36O5P2. The van der Waals surface area contributed by atoms with Crippen LogP contribution in [0.1, 0.15) is 20.7 Å². The Bertz CT molecular complexity index is 1680. The van der Waals surface area contributed by atoms with Crippen LogP contribution in [0.15, 0.2) is 170 Å². The molecular weight excluding hydrogens is 646 g/mol. The number of hydrogen-bond acceptors (Lipinski definition) is 5. The van der Waals surface area contributed by atoms with E-state index in [2.05, 4.69) is 97.1 Å². The van der Waals surface area contributed by atoms with Crippen LogP contribution in [0.25, 0.3) is 0 Å². The van der Waals surface area contributed by atoms with Gasteiger partial charge in [0.05, 0.1) is 24.3 Å². The zero-order valence-corrected chi connectivity index (χ0v) is 28.7. The third kappa shape index (κ3) is 9.16. The van der Waals surface area contributed by atoms with Gasteiger partial charge >= 0.3 is 11.9 Å². The van der Waals surface area contributed by atoms with Crippen molar-refractivity contribution in [1.82, 2.24) is 0 Å². The topological polar surface area (TPSA) is 61.8 Å². The van der Waals surface area contributed by atoms with Gasteiger partial charge in [0, 0.05) is 0 Å². The van der Waals surface area contributed by atoms with Crippen molar-refractivity contribution in [1.29, 1.82) is 0 Å². The van der Waals surface area contributed by atoms with E-state index in [1.165, 1.54) is 21.2 Å². The van der Waals surface area contributed by atoms with Gasteiger partial charge in [-0.1, -0.05) is 146 Å². The van der Waals surface area contributed by atoms with E-state index in [0.717, 1.165) is 10.6 Å². The van der Waals surface area contributed by atoms with Crippen molar-refractivity contribution in [2.75, 3.05) is 26.4 Å². The second-order valence-corrected chi connectivity index (χ2v) is 15.4. The number of benzene rings is 6. The maximum atomic E-state index is 12.7. The van der Waals surface area contributed by atoms with Crippen LogP contribution in [0.4, 0.5) is 0 Å². The molecule has 0 bridgehead atoms. The molecule has 0 fully saturated rings. The van der Waals surface area contributed by atoms with Gasteiger partial charge in [0.1, 0.15) is 13.2 Å². The van der Waals surface area contributed by atoms with Gasteiger partial charge in [0.25, 0.3) is 0 Å². The fraction of sp³-hybridized carbons (Fsp3) is 0.0952. The molecule has 0 aliphatic heterocycles. The van der Waals surface area contributed by atoms with Crippen LogP contribution in [0, 0.1) is 0 Å². The monoisotopic (exact) mass is 682 g/mol. The van der Waals surface area contributed by atoms with Gasteiger partial charge in [0.15, 0.2) is 0 Å². The number of carbonyl (C=O) groups excluding carboxylic acids is 2. The first kappa shape index (κ1) is 34.0. The molecule has 7 heteroatoms. The van der Waals surface area contributed by atoms with Gasteiger partial charge in [0.2, 0.25) is 0 Å². The Balaban J connectivity index is 0.942. The van der Waals surface area contributed by atoms with Crippen LogP contribution in [-0.4, -0.2) is 38.4 Å². The Hall–Kier alpha value is -4.92. The zero-order chi connectivity index (χ0) is 33.7. The average Bonchev–Trinajstić information content (AvgIpc) is 3.17. The highest BCUT2D eigenvalue weighted by Gasteiger charge is 2.18. The van der Waals surface area contributed by atoms with E-state index in [9.17, 15) is 9.59 Å². The Morgan fingerprint density at radius 1 is 0.347 bits per heavy atom. The lowest BCUT2D eigenvalue weighted by Gasteiger charge is -2.19. The van der Waals surface area contributed by atoms with Crippen molar-refractivity contribution >= 4 is 59.6 Å². The first-order valence-corrected chi connectivity index (χ1v) is 18.8. The van der Waals surface area contributed by atoms with E-state index < -0.39 is 27.8 Å². The predicted molar refractivity (Wildman–Crippen MR) is 202 cm³/mol. The fourth-order valence-electron chi connectivity index (χ4n) is 5.35. The lowest BCUT2D eigenvalue weighted by atomic mass is 10.2. The summed E-state index contributed by atoms with van der Waals surface area (Å²) in [7, 11) is -1.49. The molecule has 0 amide bonds. The molecule has 0 spiro atoms. The van der Waals surface area contributed by atoms with Gasteiger partial charge in [-0.2, -0.15) is 0 Å². The van der Waals surface area contributed by atoms with Crippen molar-refractivity contribution < 1.29 is 23.8 Å². The molecule has 244 valence electrons. The van der Waals surface area contributed by atoms with E-state index in [1.807, 2.05) is 72.8 Å². The zero-order valence-electron chi connectivity index (χ0n) is 26.9. The van der Waals surface area contributed by atoms with Crippen LogP contribution < -0.4 is 31.8 Å². The Kier molecular flexibility index (Phi) is 12.1. The highest BCUT2D eigenvalue weighted by molar-refractivity contribution is 7.80. The second kappa shape index (κ2) is 17.5. The summed E-state index contributed by atoms with van der Waals surface area (Å²) >= 11 is 0. The standard InChI is InChI=1S/C42H36O5P2/c43-41(33-21-25-39(26-22-33)48(35-13-5-1-6-14-35)36-15-7-2-8-16-36)46-31-29-45-30-32-47-42(44)34-23-27-40(28-24-34)49(37-17-9-3-10-18-37)38-19-11-4-12-20-38/h1-28H,29-32H2. The van der Waals surface area contributed by atoms with Crippen LogP contribution >= 0.6 is 15.8 Å². The number of carbonyl (C=O) groups is 2. The molecule has 5 nitrogen and oxygen atoms in total. The van der Waals surface area contributed by atoms with Gasteiger partial charge in [-0.25, -0.2) is 9.59 Å². The first-order chi connectivity index (χ1) is 24.2. The number of ether oxygens (including phenoxy) is 3. The minimum Gasteiger partial charge on any atom is -0.460 e. The van der Waals surface area contributed by atoms with Crippen LogP contribution in [0.3, 0.4) is 0 Å². The Morgan fingerprint density at radius 2 is 0.612 bits per heavy atom. The molecule has 6 aromatic carbocycles. The molecule has 0 radical (unpaired) electrons. The summed E-state index contributed by atoms with van der Waals surface area (Å²) in [5.41, 5.74) is 0.972. The summed E-state index contributed by atoms with van der Waals surface area (Å²) in [5.74, 6) is -0.811. The summed E-state index contributed by atoms with van der Waals surface area (Å²) in [6.45, 7) is 0.600. The Labute approximate surface area is 290 Å². The summed E-state index contributed by atoms with van der Waals surface area (Å²) in [4.78, 5) is 25.4. The van der Waals surface area contributed by atoms with Crippen molar-refractivity contribution in [2.24, 2.45) is 0 Å².